The number of anilines is 2. The van der Waals surface area contributed by atoms with Crippen LogP contribution in [0, 0.1) is 10.1 Å². The van der Waals surface area contributed by atoms with Crippen molar-refractivity contribution in [2.24, 2.45) is 0 Å². The molecule has 144 valence electrons. The van der Waals surface area contributed by atoms with Gasteiger partial charge in [-0.15, -0.1) is 0 Å². The molecule has 0 spiro atoms. The molecule has 2 aromatic carbocycles. The molecule has 13 heteroatoms. The molecule has 2 aromatic rings. The van der Waals surface area contributed by atoms with Crippen LogP contribution in [0.4, 0.5) is 35.0 Å². The highest BCUT2D eigenvalue weighted by atomic mass is 32.2. The number of hydrogen-bond acceptors (Lipinski definition) is 6. The fourth-order valence-corrected chi connectivity index (χ4v) is 2.25. The first kappa shape index (κ1) is 20.0. The molecule has 0 atom stereocenters. The van der Waals surface area contributed by atoms with Crippen molar-refractivity contribution in [3.05, 3.63) is 58.6 Å². The molecule has 9 nitrogen and oxygen atoms in total. The predicted octanol–water partition coefficient (Wildman–Crippen LogP) is 3.47. The third-order valence-corrected chi connectivity index (χ3v) is 3.91. The second-order valence-electron chi connectivity index (χ2n) is 4.86. The Morgan fingerprint density at radius 1 is 1.07 bits per heavy atom. The van der Waals surface area contributed by atoms with Crippen molar-refractivity contribution in [3.8, 4) is 5.75 Å². The minimum absolute atomic E-state index is 0.383. The highest BCUT2D eigenvalue weighted by Gasteiger charge is 2.48. The van der Waals surface area contributed by atoms with Crippen LogP contribution in [0.25, 0.3) is 0 Å². The Morgan fingerprint density at radius 3 is 2.26 bits per heavy atom. The van der Waals surface area contributed by atoms with Gasteiger partial charge in [0.05, 0.1) is 11.0 Å². The monoisotopic (exact) mass is 405 g/mol. The molecule has 0 heterocycles. The van der Waals surface area contributed by atoms with E-state index < -0.39 is 38.0 Å². The lowest BCUT2D eigenvalue weighted by Crippen LogP contribution is -2.28. The number of alkyl halides is 3. The van der Waals surface area contributed by atoms with E-state index in [2.05, 4.69) is 14.8 Å². The zero-order chi connectivity index (χ0) is 20.2. The molecule has 0 saturated heterocycles. The lowest BCUT2D eigenvalue weighted by molar-refractivity contribution is -0.384. The van der Waals surface area contributed by atoms with E-state index in [1.165, 1.54) is 0 Å². The van der Waals surface area contributed by atoms with Crippen molar-refractivity contribution in [2.45, 2.75) is 5.51 Å². The molecular weight excluding hydrogens is 395 g/mol. The van der Waals surface area contributed by atoms with Gasteiger partial charge in [-0.3, -0.25) is 10.1 Å². The molecule has 0 radical (unpaired) electrons. The Labute approximate surface area is 150 Å². The van der Waals surface area contributed by atoms with Gasteiger partial charge in [0.2, 0.25) is 0 Å². The molecule has 0 aromatic heterocycles. The van der Waals surface area contributed by atoms with E-state index in [0.717, 1.165) is 12.1 Å². The second kappa shape index (κ2) is 7.49. The Balaban J connectivity index is 2.23. The molecule has 0 saturated carbocycles. The normalized spacial score (nSPS) is 11.5. The van der Waals surface area contributed by atoms with Crippen molar-refractivity contribution in [3.63, 3.8) is 0 Å². The van der Waals surface area contributed by atoms with Crippen LogP contribution < -0.4 is 14.8 Å². The Kier molecular flexibility index (Phi) is 5.54. The minimum atomic E-state index is -5.99. The number of nitrogens with zero attached hydrogens (tertiary/aromatic N) is 1. The number of amides is 2. The molecule has 0 aliphatic rings. The standard InChI is InChI=1S/C14H10F3N3O6S/c15-14(16,17)27(24,25)26-10-6-7-11(12(8-10)20(22)23)19-13(21)18-9-4-2-1-3-5-9/h1-8H,(H2,18,19,21). The maximum atomic E-state index is 12.3. The molecule has 2 N–H and O–H groups in total. The highest BCUT2D eigenvalue weighted by molar-refractivity contribution is 7.88. The smallest absolute Gasteiger partial charge is 0.376 e. The number of rotatable bonds is 5. The first-order chi connectivity index (χ1) is 12.5. The number of nitrogens with one attached hydrogen (secondary N) is 2. The van der Waals surface area contributed by atoms with Crippen LogP contribution in [-0.4, -0.2) is 24.9 Å². The summed E-state index contributed by atoms with van der Waals surface area (Å²) in [5.41, 5.74) is -6.57. The number of para-hydroxylation sites is 1. The molecule has 2 amide bonds. The van der Waals surface area contributed by atoms with Gasteiger partial charge in [0, 0.05) is 5.69 Å². The number of carbonyl (C=O) groups excluding carboxylic acids is 1. The summed E-state index contributed by atoms with van der Waals surface area (Å²) in [6.45, 7) is 0. The summed E-state index contributed by atoms with van der Waals surface area (Å²) in [7, 11) is -5.99. The maximum absolute atomic E-state index is 12.3. The van der Waals surface area contributed by atoms with Crippen molar-refractivity contribution >= 4 is 33.2 Å². The van der Waals surface area contributed by atoms with Gasteiger partial charge in [-0.25, -0.2) is 4.79 Å². The van der Waals surface area contributed by atoms with Crippen LogP contribution in [0.5, 0.6) is 5.75 Å². The van der Waals surface area contributed by atoms with Crippen LogP contribution in [0.3, 0.4) is 0 Å². The van der Waals surface area contributed by atoms with Crippen molar-refractivity contribution in [1.29, 1.82) is 0 Å². The third kappa shape index (κ3) is 5.07. The zero-order valence-electron chi connectivity index (χ0n) is 13.1. The Hall–Kier alpha value is -3.35. The first-order valence-corrected chi connectivity index (χ1v) is 8.33. The summed E-state index contributed by atoms with van der Waals surface area (Å²) in [5, 5.41) is 15.6. The minimum Gasteiger partial charge on any atom is -0.376 e. The van der Waals surface area contributed by atoms with E-state index in [-0.39, 0.29) is 5.69 Å². The van der Waals surface area contributed by atoms with E-state index in [9.17, 15) is 36.5 Å². The lowest BCUT2D eigenvalue weighted by Gasteiger charge is -2.11. The van der Waals surface area contributed by atoms with E-state index in [1.807, 2.05) is 0 Å². The molecule has 0 aliphatic carbocycles. The number of nitro groups is 1. The maximum Gasteiger partial charge on any atom is 0.534 e. The molecule has 0 unspecified atom stereocenters. The predicted molar refractivity (Wildman–Crippen MR) is 87.8 cm³/mol. The molecule has 0 aliphatic heterocycles. The van der Waals surface area contributed by atoms with Crippen molar-refractivity contribution in [1.82, 2.24) is 0 Å². The third-order valence-electron chi connectivity index (χ3n) is 2.94. The van der Waals surface area contributed by atoms with E-state index >= 15 is 0 Å². The van der Waals surface area contributed by atoms with E-state index in [4.69, 9.17) is 0 Å². The van der Waals surface area contributed by atoms with Gasteiger partial charge >= 0.3 is 21.7 Å². The largest absolute Gasteiger partial charge is 0.534 e. The quantitative estimate of drug-likeness (QED) is 0.339. The fourth-order valence-electron chi connectivity index (χ4n) is 1.80. The summed E-state index contributed by atoms with van der Waals surface area (Å²) < 4.78 is 62.7. The fraction of sp³-hybridized carbons (Fsp3) is 0.0714. The van der Waals surface area contributed by atoms with Crippen LogP contribution in [-0.2, 0) is 10.1 Å². The van der Waals surface area contributed by atoms with E-state index in [1.54, 1.807) is 30.3 Å². The lowest BCUT2D eigenvalue weighted by atomic mass is 10.2. The Bertz CT molecular complexity index is 964. The second-order valence-corrected chi connectivity index (χ2v) is 6.40. The van der Waals surface area contributed by atoms with Gasteiger partial charge in [-0.05, 0) is 24.3 Å². The molecular formula is C14H10F3N3O6S. The van der Waals surface area contributed by atoms with Crippen molar-refractivity contribution < 1.29 is 35.5 Å². The van der Waals surface area contributed by atoms with Crippen LogP contribution in [0.2, 0.25) is 0 Å². The highest BCUT2D eigenvalue weighted by Crippen LogP contribution is 2.32. The molecule has 0 bridgehead atoms. The average Bonchev–Trinajstić information content (AvgIpc) is 2.55. The number of halogens is 3. The van der Waals surface area contributed by atoms with E-state index in [0.29, 0.717) is 11.8 Å². The molecule has 27 heavy (non-hydrogen) atoms. The van der Waals surface area contributed by atoms with Crippen LogP contribution in [0.15, 0.2) is 48.5 Å². The summed E-state index contributed by atoms with van der Waals surface area (Å²) >= 11 is 0. The van der Waals surface area contributed by atoms with Gasteiger partial charge in [0.15, 0.2) is 0 Å². The summed E-state index contributed by atoms with van der Waals surface area (Å²) in [4.78, 5) is 21.9. The van der Waals surface area contributed by atoms with Gasteiger partial charge < -0.3 is 14.8 Å². The van der Waals surface area contributed by atoms with Crippen LogP contribution in [0.1, 0.15) is 0 Å². The average molecular weight is 405 g/mol. The van der Waals surface area contributed by atoms with Crippen LogP contribution >= 0.6 is 0 Å². The summed E-state index contributed by atoms with van der Waals surface area (Å²) in [5.74, 6) is -0.937. The van der Waals surface area contributed by atoms with Gasteiger partial charge in [-0.2, -0.15) is 21.6 Å². The van der Waals surface area contributed by atoms with Crippen molar-refractivity contribution in [2.75, 3.05) is 10.6 Å². The number of nitro benzene ring substituents is 1. The van der Waals surface area contributed by atoms with Gasteiger partial charge in [-0.1, -0.05) is 18.2 Å². The first-order valence-electron chi connectivity index (χ1n) is 6.92. The van der Waals surface area contributed by atoms with Gasteiger partial charge in [0.25, 0.3) is 5.69 Å². The Morgan fingerprint density at radius 2 is 1.70 bits per heavy atom. The number of urea groups is 1. The number of benzene rings is 2. The SMILES string of the molecule is O=C(Nc1ccccc1)Nc1ccc(OS(=O)(=O)C(F)(F)F)cc1[N+](=O)[O-]. The molecule has 2 rings (SSSR count). The van der Waals surface area contributed by atoms with Gasteiger partial charge in [0.1, 0.15) is 11.4 Å². The molecule has 0 fully saturated rings. The number of hydrogen-bond donors (Lipinski definition) is 2. The summed E-state index contributed by atoms with van der Waals surface area (Å²) in [6.07, 6.45) is 0. The topological polar surface area (TPSA) is 128 Å². The summed E-state index contributed by atoms with van der Waals surface area (Å²) in [6, 6.07) is 9.21. The number of carbonyl (C=O) groups is 1. The zero-order valence-corrected chi connectivity index (χ0v) is 13.9.